The van der Waals surface area contributed by atoms with Gasteiger partial charge in [0.1, 0.15) is 0 Å². The lowest BCUT2D eigenvalue weighted by molar-refractivity contribution is -0.150. The fourth-order valence-electron chi connectivity index (χ4n) is 4.24. The molecule has 2 aliphatic rings. The van der Waals surface area contributed by atoms with Crippen LogP contribution in [0.2, 0.25) is 0 Å². The molecule has 0 amide bonds. The zero-order valence-electron chi connectivity index (χ0n) is 16.2. The highest BCUT2D eigenvalue weighted by atomic mass is 79.9. The van der Waals surface area contributed by atoms with Gasteiger partial charge in [-0.2, -0.15) is 0 Å². The molecule has 0 atom stereocenters. The van der Waals surface area contributed by atoms with Gasteiger partial charge in [-0.25, -0.2) is 4.79 Å². The van der Waals surface area contributed by atoms with E-state index in [9.17, 15) is 4.79 Å². The number of aryl methyl sites for hydroxylation is 2. The van der Waals surface area contributed by atoms with E-state index in [2.05, 4.69) is 41.9 Å². The van der Waals surface area contributed by atoms with Crippen molar-refractivity contribution in [3.63, 3.8) is 0 Å². The van der Waals surface area contributed by atoms with Crippen LogP contribution in [0.5, 0.6) is 0 Å². The van der Waals surface area contributed by atoms with Gasteiger partial charge in [-0.3, -0.25) is 4.99 Å². The van der Waals surface area contributed by atoms with Crippen molar-refractivity contribution in [1.82, 2.24) is 0 Å². The van der Waals surface area contributed by atoms with Crippen LogP contribution >= 0.6 is 15.9 Å². The molecule has 1 aromatic rings. The molecule has 1 saturated carbocycles. The van der Waals surface area contributed by atoms with Crippen LogP contribution in [0.1, 0.15) is 55.7 Å². The van der Waals surface area contributed by atoms with Crippen molar-refractivity contribution >= 4 is 27.6 Å². The van der Waals surface area contributed by atoms with Crippen molar-refractivity contribution in [2.75, 3.05) is 14.2 Å². The number of hydrogen-bond acceptors (Lipinski definition) is 4. The summed E-state index contributed by atoms with van der Waals surface area (Å²) in [5.74, 6) is -0.207. The summed E-state index contributed by atoms with van der Waals surface area (Å²) >= 11 is 3.59. The minimum absolute atomic E-state index is 0.167. The van der Waals surface area contributed by atoms with E-state index in [0.717, 1.165) is 42.3 Å². The lowest BCUT2D eigenvalue weighted by Crippen LogP contribution is -2.47. The lowest BCUT2D eigenvalue weighted by atomic mass is 9.74. The minimum Gasteiger partial charge on any atom is -0.467 e. The molecule has 0 heterocycles. The van der Waals surface area contributed by atoms with E-state index < -0.39 is 5.54 Å². The molecule has 1 fully saturated rings. The van der Waals surface area contributed by atoms with Crippen LogP contribution in [0.3, 0.4) is 0 Å². The van der Waals surface area contributed by atoms with E-state index in [1.54, 1.807) is 7.11 Å². The van der Waals surface area contributed by atoms with E-state index in [1.165, 1.54) is 23.8 Å². The summed E-state index contributed by atoms with van der Waals surface area (Å²) in [6.45, 7) is 4.26. The number of hydrogen-bond donors (Lipinski definition) is 0. The van der Waals surface area contributed by atoms with Gasteiger partial charge in [0, 0.05) is 23.7 Å². The van der Waals surface area contributed by atoms with Gasteiger partial charge in [0.25, 0.3) is 0 Å². The van der Waals surface area contributed by atoms with Gasteiger partial charge >= 0.3 is 5.97 Å². The zero-order chi connectivity index (χ0) is 18.9. The van der Waals surface area contributed by atoms with Crippen molar-refractivity contribution in [1.29, 1.82) is 0 Å². The van der Waals surface area contributed by atoms with Crippen molar-refractivity contribution in [3.05, 3.63) is 33.3 Å². The topological polar surface area (TPSA) is 47.9 Å². The summed E-state index contributed by atoms with van der Waals surface area (Å²) in [6.07, 6.45) is 5.70. The standard InChI is InChI=1S/C21H28BrNO3/c1-14-11-16(22)12-15-5-6-17(13-18(14)15)23-21(19(24)25-3)9-7-20(2,26-4)8-10-21/h11-12H,5-10,13H2,1-4H3. The molecule has 0 bridgehead atoms. The molecule has 26 heavy (non-hydrogen) atoms. The average Bonchev–Trinajstić information content (AvgIpc) is 2.63. The molecule has 0 aliphatic heterocycles. The second kappa shape index (κ2) is 7.43. The summed E-state index contributed by atoms with van der Waals surface area (Å²) in [5.41, 5.74) is 4.23. The number of nitrogens with zero attached hydrogens (tertiary/aromatic N) is 1. The zero-order valence-corrected chi connectivity index (χ0v) is 17.7. The molecule has 0 N–H and O–H groups in total. The van der Waals surface area contributed by atoms with Crippen LogP contribution in [0.25, 0.3) is 0 Å². The first kappa shape index (κ1) is 19.6. The number of carbonyl (C=O) groups excluding carboxylic acids is 1. The maximum absolute atomic E-state index is 12.6. The monoisotopic (exact) mass is 421 g/mol. The molecule has 2 aliphatic carbocycles. The third-order valence-electron chi connectivity index (χ3n) is 6.16. The molecule has 3 rings (SSSR count). The first-order chi connectivity index (χ1) is 12.3. The Morgan fingerprint density at radius 1 is 1.15 bits per heavy atom. The van der Waals surface area contributed by atoms with Gasteiger partial charge in [-0.15, -0.1) is 0 Å². The van der Waals surface area contributed by atoms with Crippen molar-refractivity contribution in [2.24, 2.45) is 4.99 Å². The summed E-state index contributed by atoms with van der Waals surface area (Å²) in [6, 6.07) is 4.36. The number of halogens is 1. The molecule has 0 radical (unpaired) electrons. The Morgan fingerprint density at radius 3 is 2.46 bits per heavy atom. The first-order valence-electron chi connectivity index (χ1n) is 9.30. The number of carbonyl (C=O) groups is 1. The molecule has 142 valence electrons. The molecule has 0 saturated heterocycles. The predicted octanol–water partition coefficient (Wildman–Crippen LogP) is 4.58. The molecule has 0 spiro atoms. The van der Waals surface area contributed by atoms with Gasteiger partial charge < -0.3 is 9.47 Å². The summed E-state index contributed by atoms with van der Waals surface area (Å²) < 4.78 is 11.9. The highest BCUT2D eigenvalue weighted by Crippen LogP contribution is 2.40. The first-order valence-corrected chi connectivity index (χ1v) is 10.1. The van der Waals surface area contributed by atoms with Crippen LogP contribution < -0.4 is 0 Å². The van der Waals surface area contributed by atoms with Gasteiger partial charge in [0.05, 0.1) is 12.7 Å². The number of ether oxygens (including phenoxy) is 2. The van der Waals surface area contributed by atoms with E-state index in [4.69, 9.17) is 14.5 Å². The predicted molar refractivity (Wildman–Crippen MR) is 107 cm³/mol. The number of benzene rings is 1. The highest BCUT2D eigenvalue weighted by molar-refractivity contribution is 9.10. The van der Waals surface area contributed by atoms with Crippen LogP contribution in [0.4, 0.5) is 0 Å². The third kappa shape index (κ3) is 3.74. The summed E-state index contributed by atoms with van der Waals surface area (Å²) in [4.78, 5) is 17.7. The molecule has 1 aromatic carbocycles. The summed E-state index contributed by atoms with van der Waals surface area (Å²) in [7, 11) is 3.21. The number of rotatable bonds is 3. The maximum Gasteiger partial charge on any atom is 0.333 e. The molecular weight excluding hydrogens is 394 g/mol. The summed E-state index contributed by atoms with van der Waals surface area (Å²) in [5, 5.41) is 0. The van der Waals surface area contributed by atoms with Gasteiger partial charge in [0.15, 0.2) is 5.54 Å². The van der Waals surface area contributed by atoms with E-state index in [-0.39, 0.29) is 11.6 Å². The molecule has 5 heteroatoms. The number of esters is 1. The van der Waals surface area contributed by atoms with Crippen molar-refractivity contribution in [2.45, 2.75) is 69.9 Å². The Kier molecular flexibility index (Phi) is 5.59. The quantitative estimate of drug-likeness (QED) is 0.670. The third-order valence-corrected chi connectivity index (χ3v) is 6.62. The second-order valence-corrected chi connectivity index (χ2v) is 8.81. The van der Waals surface area contributed by atoms with Crippen LogP contribution in [0, 0.1) is 6.92 Å². The maximum atomic E-state index is 12.6. The number of aliphatic imine (C=N–C) groups is 1. The van der Waals surface area contributed by atoms with Crippen molar-refractivity contribution in [3.8, 4) is 0 Å². The lowest BCUT2D eigenvalue weighted by Gasteiger charge is -2.41. The molecule has 0 aromatic heterocycles. The smallest absolute Gasteiger partial charge is 0.333 e. The fraction of sp³-hybridized carbons (Fsp3) is 0.619. The minimum atomic E-state index is -0.747. The SMILES string of the molecule is COC(=O)C1(N=C2CCc3cc(Br)cc(C)c3C2)CCC(C)(OC)CC1. The highest BCUT2D eigenvalue weighted by Gasteiger charge is 2.46. The molecule has 4 nitrogen and oxygen atoms in total. The van der Waals surface area contributed by atoms with Crippen molar-refractivity contribution < 1.29 is 14.3 Å². The van der Waals surface area contributed by atoms with Gasteiger partial charge in [-0.1, -0.05) is 15.9 Å². The van der Waals surface area contributed by atoms with Gasteiger partial charge in [-0.05, 0) is 81.2 Å². The Labute approximate surface area is 164 Å². The molecular formula is C21H28BrNO3. The normalized spacial score (nSPS) is 30.1. The van der Waals surface area contributed by atoms with Crippen LogP contribution in [-0.4, -0.2) is 37.0 Å². The number of methoxy groups -OCH3 is 2. The van der Waals surface area contributed by atoms with E-state index >= 15 is 0 Å². The Bertz CT molecular complexity index is 733. The Morgan fingerprint density at radius 2 is 1.85 bits per heavy atom. The van der Waals surface area contributed by atoms with E-state index in [1.807, 2.05) is 0 Å². The van der Waals surface area contributed by atoms with Crippen LogP contribution in [0.15, 0.2) is 21.6 Å². The second-order valence-electron chi connectivity index (χ2n) is 7.89. The molecule has 0 unspecified atom stereocenters. The Balaban J connectivity index is 1.89. The van der Waals surface area contributed by atoms with E-state index in [0.29, 0.717) is 12.8 Å². The average molecular weight is 422 g/mol. The van der Waals surface area contributed by atoms with Crippen LogP contribution in [-0.2, 0) is 27.1 Å². The number of fused-ring (bicyclic) bond motifs is 1. The Hall–Kier alpha value is -1.20. The largest absolute Gasteiger partial charge is 0.467 e. The van der Waals surface area contributed by atoms with Gasteiger partial charge in [0.2, 0.25) is 0 Å². The fourth-order valence-corrected chi connectivity index (χ4v) is 4.86.